The third kappa shape index (κ3) is 6.13. The Bertz CT molecular complexity index is 1060. The van der Waals surface area contributed by atoms with Crippen molar-refractivity contribution in [3.63, 3.8) is 0 Å². The van der Waals surface area contributed by atoms with Crippen LogP contribution in [0.4, 0.5) is 4.39 Å². The fourth-order valence-electron chi connectivity index (χ4n) is 3.58. The van der Waals surface area contributed by atoms with Crippen LogP contribution in [0, 0.1) is 5.82 Å². The molecule has 164 valence electrons. The third-order valence-electron chi connectivity index (χ3n) is 5.58. The molecule has 5 heteroatoms. The Morgan fingerprint density at radius 3 is 2.38 bits per heavy atom. The van der Waals surface area contributed by atoms with Crippen molar-refractivity contribution in [1.82, 2.24) is 5.32 Å². The highest BCUT2D eigenvalue weighted by Crippen LogP contribution is 2.41. The first-order chi connectivity index (χ1) is 15.6. The Morgan fingerprint density at radius 2 is 1.69 bits per heavy atom. The van der Waals surface area contributed by atoms with Gasteiger partial charge in [0, 0.05) is 18.5 Å². The van der Waals surface area contributed by atoms with Crippen molar-refractivity contribution in [2.45, 2.75) is 31.5 Å². The molecule has 0 radical (unpaired) electrons. The van der Waals surface area contributed by atoms with Crippen molar-refractivity contribution in [3.8, 4) is 5.75 Å². The normalized spacial score (nSPS) is 17.4. The molecule has 2 atom stereocenters. The summed E-state index contributed by atoms with van der Waals surface area (Å²) in [4.78, 5) is 11.1. The Hall–Kier alpha value is -3.28. The molecule has 0 saturated heterocycles. The third-order valence-corrected chi connectivity index (χ3v) is 5.58. The second kappa shape index (κ2) is 10.4. The maximum atomic E-state index is 13.0. The molecular formula is C27H26FNO3. The van der Waals surface area contributed by atoms with Crippen LogP contribution in [0.25, 0.3) is 6.08 Å². The SMILES string of the molecule is O=C(/C=C/c1ccc(CNC2CC2c2ccc(OCc3ccc(F)cc3)cc2)cc1)CO. The minimum atomic E-state index is -0.465. The monoisotopic (exact) mass is 431 g/mol. The molecule has 1 aliphatic rings. The van der Waals surface area contributed by atoms with E-state index in [1.807, 2.05) is 36.4 Å². The number of ether oxygens (including phenoxy) is 1. The zero-order valence-corrected chi connectivity index (χ0v) is 17.7. The van der Waals surface area contributed by atoms with E-state index >= 15 is 0 Å². The lowest BCUT2D eigenvalue weighted by Crippen LogP contribution is -2.17. The summed E-state index contributed by atoms with van der Waals surface area (Å²) in [7, 11) is 0. The van der Waals surface area contributed by atoms with Crippen LogP contribution in [0.2, 0.25) is 0 Å². The van der Waals surface area contributed by atoms with Crippen molar-refractivity contribution in [2.75, 3.05) is 6.61 Å². The molecule has 4 rings (SSSR count). The summed E-state index contributed by atoms with van der Waals surface area (Å²) in [5, 5.41) is 12.4. The van der Waals surface area contributed by atoms with Crippen molar-refractivity contribution in [2.24, 2.45) is 0 Å². The van der Waals surface area contributed by atoms with Gasteiger partial charge in [-0.3, -0.25) is 4.79 Å². The number of aliphatic hydroxyl groups is 1. The van der Waals surface area contributed by atoms with E-state index in [-0.39, 0.29) is 11.6 Å². The quantitative estimate of drug-likeness (QED) is 0.460. The lowest BCUT2D eigenvalue weighted by Gasteiger charge is -2.08. The van der Waals surface area contributed by atoms with Crippen LogP contribution in [0.1, 0.15) is 34.6 Å². The van der Waals surface area contributed by atoms with Crippen LogP contribution in [0.5, 0.6) is 5.75 Å². The Labute approximate surface area is 187 Å². The first-order valence-electron chi connectivity index (χ1n) is 10.7. The summed E-state index contributed by atoms with van der Waals surface area (Å²) in [6.07, 6.45) is 4.21. The maximum Gasteiger partial charge on any atom is 0.181 e. The van der Waals surface area contributed by atoms with E-state index in [0.29, 0.717) is 18.6 Å². The van der Waals surface area contributed by atoms with Crippen LogP contribution in [-0.2, 0) is 17.9 Å². The van der Waals surface area contributed by atoms with Gasteiger partial charge in [0.25, 0.3) is 0 Å². The summed E-state index contributed by atoms with van der Waals surface area (Å²) in [6, 6.07) is 23.0. The molecule has 1 saturated carbocycles. The minimum absolute atomic E-state index is 0.244. The number of benzene rings is 3. The molecule has 3 aromatic carbocycles. The van der Waals surface area contributed by atoms with Crippen LogP contribution in [0.15, 0.2) is 78.9 Å². The van der Waals surface area contributed by atoms with Gasteiger partial charge in [-0.15, -0.1) is 0 Å². The molecule has 2 N–H and O–H groups in total. The van der Waals surface area contributed by atoms with E-state index in [1.165, 1.54) is 29.3 Å². The van der Waals surface area contributed by atoms with Crippen LogP contribution in [0.3, 0.4) is 0 Å². The molecule has 0 aromatic heterocycles. The average molecular weight is 432 g/mol. The number of rotatable bonds is 10. The highest BCUT2D eigenvalue weighted by Gasteiger charge is 2.37. The van der Waals surface area contributed by atoms with Crippen molar-refractivity contribution < 1.29 is 19.0 Å². The molecule has 1 aliphatic carbocycles. The molecule has 0 aliphatic heterocycles. The van der Waals surface area contributed by atoms with Gasteiger partial charge in [-0.05, 0) is 59.0 Å². The molecular weight excluding hydrogens is 405 g/mol. The standard InChI is InChI=1S/C27H26FNO3/c28-23-10-5-21(6-11-23)18-32-25-13-8-22(9-14-25)26-15-27(26)29-16-20-3-1-19(2-4-20)7-12-24(31)17-30/h1-14,26-27,29-30H,15-18H2/b12-7+. The molecule has 1 fully saturated rings. The predicted octanol–water partition coefficient (Wildman–Crippen LogP) is 4.63. The van der Waals surface area contributed by atoms with Crippen LogP contribution >= 0.6 is 0 Å². The second-order valence-corrected chi connectivity index (χ2v) is 8.01. The smallest absolute Gasteiger partial charge is 0.181 e. The van der Waals surface area contributed by atoms with Gasteiger partial charge in [0.2, 0.25) is 0 Å². The van der Waals surface area contributed by atoms with Gasteiger partial charge in [0.05, 0.1) is 0 Å². The summed E-state index contributed by atoms with van der Waals surface area (Å²) >= 11 is 0. The number of nitrogens with one attached hydrogen (secondary N) is 1. The van der Waals surface area contributed by atoms with Crippen LogP contribution in [-0.4, -0.2) is 23.5 Å². The largest absolute Gasteiger partial charge is 0.489 e. The first-order valence-corrected chi connectivity index (χ1v) is 10.7. The fraction of sp³-hybridized carbons (Fsp3) is 0.222. The molecule has 0 spiro atoms. The number of halogens is 1. The highest BCUT2D eigenvalue weighted by molar-refractivity contribution is 5.94. The minimum Gasteiger partial charge on any atom is -0.489 e. The molecule has 0 heterocycles. The molecule has 32 heavy (non-hydrogen) atoms. The molecule has 0 amide bonds. The van der Waals surface area contributed by atoms with Gasteiger partial charge in [0.15, 0.2) is 5.78 Å². The van der Waals surface area contributed by atoms with E-state index in [0.717, 1.165) is 29.8 Å². The van der Waals surface area contributed by atoms with Crippen LogP contribution < -0.4 is 10.1 Å². The van der Waals surface area contributed by atoms with E-state index in [2.05, 4.69) is 17.4 Å². The van der Waals surface area contributed by atoms with E-state index in [4.69, 9.17) is 9.84 Å². The van der Waals surface area contributed by atoms with Gasteiger partial charge >= 0.3 is 0 Å². The highest BCUT2D eigenvalue weighted by atomic mass is 19.1. The van der Waals surface area contributed by atoms with Gasteiger partial charge in [0.1, 0.15) is 24.8 Å². The first kappa shape index (κ1) is 21.9. The number of carbonyl (C=O) groups excluding carboxylic acids is 1. The maximum absolute atomic E-state index is 13.0. The van der Waals surface area contributed by atoms with Gasteiger partial charge in [-0.1, -0.05) is 54.6 Å². The Balaban J connectivity index is 1.22. The number of ketones is 1. The number of hydrogen-bond acceptors (Lipinski definition) is 4. The second-order valence-electron chi connectivity index (χ2n) is 8.01. The van der Waals surface area contributed by atoms with E-state index in [9.17, 15) is 9.18 Å². The summed E-state index contributed by atoms with van der Waals surface area (Å²) in [5.74, 6) is 0.765. The molecule has 2 unspecified atom stereocenters. The van der Waals surface area contributed by atoms with E-state index in [1.54, 1.807) is 18.2 Å². The van der Waals surface area contributed by atoms with Gasteiger partial charge in [-0.25, -0.2) is 4.39 Å². The molecule has 0 bridgehead atoms. The lowest BCUT2D eigenvalue weighted by molar-refractivity contribution is -0.117. The van der Waals surface area contributed by atoms with Crippen molar-refractivity contribution in [3.05, 3.63) is 107 Å². The number of aliphatic hydroxyl groups excluding tert-OH is 1. The van der Waals surface area contributed by atoms with Crippen molar-refractivity contribution in [1.29, 1.82) is 0 Å². The number of carbonyl (C=O) groups is 1. The summed E-state index contributed by atoms with van der Waals surface area (Å²) < 4.78 is 18.8. The zero-order chi connectivity index (χ0) is 22.3. The zero-order valence-electron chi connectivity index (χ0n) is 17.7. The number of hydrogen-bond donors (Lipinski definition) is 2. The van der Waals surface area contributed by atoms with Crippen molar-refractivity contribution >= 4 is 11.9 Å². The van der Waals surface area contributed by atoms with E-state index < -0.39 is 6.61 Å². The molecule has 4 nitrogen and oxygen atoms in total. The van der Waals surface area contributed by atoms with Gasteiger partial charge < -0.3 is 15.2 Å². The Morgan fingerprint density at radius 1 is 1.00 bits per heavy atom. The predicted molar refractivity (Wildman–Crippen MR) is 123 cm³/mol. The average Bonchev–Trinajstić information content (AvgIpc) is 3.61. The lowest BCUT2D eigenvalue weighted by atomic mass is 10.1. The summed E-state index contributed by atoms with van der Waals surface area (Å²) in [5.41, 5.74) is 4.35. The van der Waals surface area contributed by atoms with Gasteiger partial charge in [-0.2, -0.15) is 0 Å². The summed E-state index contributed by atoms with van der Waals surface area (Å²) in [6.45, 7) is 0.742. The topological polar surface area (TPSA) is 58.6 Å². The Kier molecular flexibility index (Phi) is 7.10. The molecule has 3 aromatic rings. The fourth-order valence-corrected chi connectivity index (χ4v) is 3.58.